The minimum Gasteiger partial charge on any atom is -0.496 e. The molecule has 5 rings (SSSR count). The van der Waals surface area contributed by atoms with Gasteiger partial charge in [-0.1, -0.05) is 18.2 Å². The lowest BCUT2D eigenvalue weighted by Gasteiger charge is -2.21. The first-order valence-corrected chi connectivity index (χ1v) is 12.9. The third kappa shape index (κ3) is 4.71. The lowest BCUT2D eigenvalue weighted by Crippen LogP contribution is -2.29. The zero-order valence-electron chi connectivity index (χ0n) is 22.1. The van der Waals surface area contributed by atoms with E-state index in [1.807, 2.05) is 69.3 Å². The highest BCUT2D eigenvalue weighted by molar-refractivity contribution is 5.77. The van der Waals surface area contributed by atoms with E-state index in [1.54, 1.807) is 7.11 Å². The van der Waals surface area contributed by atoms with Gasteiger partial charge < -0.3 is 24.1 Å². The molecule has 1 atom stereocenters. The van der Waals surface area contributed by atoms with Gasteiger partial charge in [-0.05, 0) is 57.0 Å². The number of carbonyl (C=O) groups is 1. The Morgan fingerprint density at radius 2 is 1.89 bits per heavy atom. The Morgan fingerprint density at radius 3 is 2.66 bits per heavy atom. The molecule has 9 nitrogen and oxygen atoms in total. The average molecular weight is 517 g/mol. The summed E-state index contributed by atoms with van der Waals surface area (Å²) in [5, 5.41) is 7.67. The molecule has 1 aliphatic heterocycles. The van der Waals surface area contributed by atoms with Crippen molar-refractivity contribution < 1.29 is 19.0 Å². The predicted molar refractivity (Wildman–Crippen MR) is 144 cm³/mol. The Balaban J connectivity index is 1.37. The zero-order valence-corrected chi connectivity index (χ0v) is 22.1. The van der Waals surface area contributed by atoms with Crippen LogP contribution in [0.2, 0.25) is 0 Å². The maximum absolute atomic E-state index is 13.5. The molecule has 0 saturated carbocycles. The van der Waals surface area contributed by atoms with E-state index < -0.39 is 0 Å². The number of hydrogen-bond donors (Lipinski definition) is 1. The fourth-order valence-electron chi connectivity index (χ4n) is 4.97. The number of fused-ring (bicyclic) bond motifs is 2. The molecule has 4 aromatic rings. The number of carbonyl (C=O) groups excluding carboxylic acids is 1. The third-order valence-electron chi connectivity index (χ3n) is 7.00. The van der Waals surface area contributed by atoms with Gasteiger partial charge in [0.25, 0.3) is 5.56 Å². The SMILES string of the molecule is CCn1c(C)c(CCC(=O)N[C@H](C)c2ccc3c(c2)OCCO3)c(=O)n2nc(-c3ccccc3OC)cc12. The van der Waals surface area contributed by atoms with E-state index in [-0.39, 0.29) is 23.9 Å². The van der Waals surface area contributed by atoms with Crippen LogP contribution in [0, 0.1) is 6.92 Å². The Hall–Kier alpha value is -4.27. The fourth-order valence-corrected chi connectivity index (χ4v) is 4.97. The molecule has 0 spiro atoms. The van der Waals surface area contributed by atoms with Crippen LogP contribution in [0.3, 0.4) is 0 Å². The van der Waals surface area contributed by atoms with E-state index >= 15 is 0 Å². The van der Waals surface area contributed by atoms with Crippen LogP contribution < -0.4 is 25.1 Å². The number of aryl methyl sites for hydroxylation is 1. The molecular formula is C29H32N4O5. The summed E-state index contributed by atoms with van der Waals surface area (Å²) in [6.45, 7) is 7.57. The number of benzene rings is 2. The van der Waals surface area contributed by atoms with Gasteiger partial charge in [-0.3, -0.25) is 9.59 Å². The second-order valence-electron chi connectivity index (χ2n) is 9.31. The highest BCUT2D eigenvalue weighted by Crippen LogP contribution is 2.33. The van der Waals surface area contributed by atoms with E-state index in [2.05, 4.69) is 15.0 Å². The molecule has 38 heavy (non-hydrogen) atoms. The minimum absolute atomic E-state index is 0.135. The van der Waals surface area contributed by atoms with E-state index in [0.717, 1.165) is 16.8 Å². The monoisotopic (exact) mass is 516 g/mol. The molecule has 9 heteroatoms. The lowest BCUT2D eigenvalue weighted by atomic mass is 10.1. The molecule has 0 bridgehead atoms. The van der Waals surface area contributed by atoms with E-state index in [1.165, 1.54) is 4.52 Å². The summed E-state index contributed by atoms with van der Waals surface area (Å²) in [6.07, 6.45) is 0.491. The first-order chi connectivity index (χ1) is 18.4. The van der Waals surface area contributed by atoms with Crippen LogP contribution in [0.25, 0.3) is 16.9 Å². The van der Waals surface area contributed by atoms with Gasteiger partial charge in [0.15, 0.2) is 11.5 Å². The highest BCUT2D eigenvalue weighted by atomic mass is 16.6. The number of rotatable bonds is 8. The van der Waals surface area contributed by atoms with Crippen molar-refractivity contribution in [3.05, 3.63) is 75.7 Å². The number of nitrogens with one attached hydrogen (secondary N) is 1. The minimum atomic E-state index is -0.219. The van der Waals surface area contributed by atoms with Gasteiger partial charge in [0.05, 0.1) is 18.8 Å². The normalized spacial score (nSPS) is 13.4. The summed E-state index contributed by atoms with van der Waals surface area (Å²) < 4.78 is 20.2. The van der Waals surface area contributed by atoms with E-state index in [4.69, 9.17) is 14.2 Å². The van der Waals surface area contributed by atoms with Crippen LogP contribution >= 0.6 is 0 Å². The second-order valence-corrected chi connectivity index (χ2v) is 9.31. The van der Waals surface area contributed by atoms with Gasteiger partial charge in [0.1, 0.15) is 24.6 Å². The fraction of sp³-hybridized carbons (Fsp3) is 0.345. The van der Waals surface area contributed by atoms with Crippen molar-refractivity contribution in [2.75, 3.05) is 20.3 Å². The molecule has 1 N–H and O–H groups in total. The lowest BCUT2D eigenvalue weighted by molar-refractivity contribution is -0.121. The van der Waals surface area contributed by atoms with E-state index in [9.17, 15) is 9.59 Å². The standard InChI is InChI=1S/C29H32N4O5/c1-5-32-19(3)21(29(35)33-28(32)17-23(31-33)22-8-6-7-9-24(22)36-4)11-13-27(34)30-18(2)20-10-12-25-26(16-20)38-15-14-37-25/h6-10,12,16-18H,5,11,13-15H2,1-4H3,(H,30,34)/t18-/m1/s1. The van der Waals surface area contributed by atoms with Crippen LogP contribution in [0.1, 0.15) is 43.1 Å². The summed E-state index contributed by atoms with van der Waals surface area (Å²) >= 11 is 0. The van der Waals surface area contributed by atoms with Crippen LogP contribution in [-0.4, -0.2) is 40.4 Å². The molecular weight excluding hydrogens is 484 g/mol. The van der Waals surface area contributed by atoms with Crippen LogP contribution in [0.4, 0.5) is 0 Å². The van der Waals surface area contributed by atoms with Crippen molar-refractivity contribution in [1.29, 1.82) is 0 Å². The zero-order chi connectivity index (χ0) is 26.8. The van der Waals surface area contributed by atoms with Crippen molar-refractivity contribution >= 4 is 11.6 Å². The smallest absolute Gasteiger partial charge is 0.277 e. The second kappa shape index (κ2) is 10.6. The Morgan fingerprint density at radius 1 is 1.13 bits per heavy atom. The first kappa shape index (κ1) is 25.4. The maximum atomic E-state index is 13.5. The van der Waals surface area contributed by atoms with Crippen molar-refractivity contribution in [3.8, 4) is 28.5 Å². The Kier molecular flexibility index (Phi) is 7.09. The predicted octanol–water partition coefficient (Wildman–Crippen LogP) is 4.08. The summed E-state index contributed by atoms with van der Waals surface area (Å²) in [4.78, 5) is 26.4. The molecule has 0 saturated heterocycles. The first-order valence-electron chi connectivity index (χ1n) is 12.9. The average Bonchev–Trinajstić information content (AvgIpc) is 3.38. The topological polar surface area (TPSA) is 96.1 Å². The summed E-state index contributed by atoms with van der Waals surface area (Å²) in [5.74, 6) is 1.95. The molecule has 2 aromatic carbocycles. The third-order valence-corrected chi connectivity index (χ3v) is 7.00. The maximum Gasteiger partial charge on any atom is 0.277 e. The molecule has 0 fully saturated rings. The van der Waals surface area contributed by atoms with Crippen molar-refractivity contribution in [1.82, 2.24) is 19.5 Å². The van der Waals surface area contributed by atoms with Gasteiger partial charge in [-0.15, -0.1) is 0 Å². The molecule has 0 aliphatic carbocycles. The van der Waals surface area contributed by atoms with Gasteiger partial charge in [-0.25, -0.2) is 0 Å². The number of amides is 1. The van der Waals surface area contributed by atoms with Crippen LogP contribution in [0.15, 0.2) is 53.3 Å². The summed E-state index contributed by atoms with van der Waals surface area (Å²) in [6, 6.07) is 15.0. The molecule has 198 valence electrons. The number of ether oxygens (including phenoxy) is 3. The molecule has 2 aromatic heterocycles. The van der Waals surface area contributed by atoms with Gasteiger partial charge >= 0.3 is 0 Å². The van der Waals surface area contributed by atoms with E-state index in [0.29, 0.717) is 60.3 Å². The number of aromatic nitrogens is 3. The number of hydrogen-bond acceptors (Lipinski definition) is 6. The van der Waals surface area contributed by atoms with Gasteiger partial charge in [0.2, 0.25) is 5.91 Å². The summed E-state index contributed by atoms with van der Waals surface area (Å²) in [7, 11) is 1.61. The van der Waals surface area contributed by atoms with Gasteiger partial charge in [-0.2, -0.15) is 9.61 Å². The number of methoxy groups -OCH3 is 1. The molecule has 0 unspecified atom stereocenters. The van der Waals surface area contributed by atoms with Crippen molar-refractivity contribution in [2.45, 2.75) is 46.2 Å². The molecule has 1 aliphatic rings. The molecule has 1 amide bonds. The van der Waals surface area contributed by atoms with Gasteiger partial charge in [0, 0.05) is 35.9 Å². The number of nitrogens with zero attached hydrogens (tertiary/aromatic N) is 3. The van der Waals surface area contributed by atoms with Crippen LogP contribution in [-0.2, 0) is 17.8 Å². The number of para-hydroxylation sites is 1. The highest BCUT2D eigenvalue weighted by Gasteiger charge is 2.20. The Bertz CT molecular complexity index is 1550. The van der Waals surface area contributed by atoms with Crippen molar-refractivity contribution in [3.63, 3.8) is 0 Å². The largest absolute Gasteiger partial charge is 0.496 e. The Labute approximate surface area is 221 Å². The molecule has 0 radical (unpaired) electrons. The quantitative estimate of drug-likeness (QED) is 0.379. The molecule has 3 heterocycles. The van der Waals surface area contributed by atoms with Crippen molar-refractivity contribution in [2.24, 2.45) is 0 Å². The van der Waals surface area contributed by atoms with Crippen LogP contribution in [0.5, 0.6) is 17.2 Å². The summed E-state index contributed by atoms with van der Waals surface area (Å²) in [5.41, 5.74) is 4.30.